The van der Waals surface area contributed by atoms with Crippen molar-refractivity contribution in [2.45, 2.75) is 24.8 Å². The standard InChI is InChI=1S/C10H16N4O3S/c1-6(2)14-18(16,17)7-3-4-9(11)8(5-7)10(15)13-12/h3-6,14H,11-12H2,1-2H3,(H,13,15). The van der Waals surface area contributed by atoms with Crippen LogP contribution >= 0.6 is 0 Å². The molecule has 0 atom stereocenters. The first kappa shape index (κ1) is 14.4. The zero-order valence-electron chi connectivity index (χ0n) is 10.1. The van der Waals surface area contributed by atoms with Gasteiger partial charge in [0.15, 0.2) is 0 Å². The number of nitrogens with one attached hydrogen (secondary N) is 2. The normalized spacial score (nSPS) is 11.6. The van der Waals surface area contributed by atoms with Crippen LogP contribution in [0.25, 0.3) is 0 Å². The second kappa shape index (κ2) is 5.34. The molecule has 1 rings (SSSR count). The molecule has 0 saturated carbocycles. The number of hydrogen-bond acceptors (Lipinski definition) is 5. The molecule has 0 fully saturated rings. The lowest BCUT2D eigenvalue weighted by atomic mass is 10.2. The van der Waals surface area contributed by atoms with E-state index in [0.29, 0.717) is 0 Å². The first-order valence-electron chi connectivity index (χ1n) is 5.20. The van der Waals surface area contributed by atoms with Crippen LogP contribution in [0.2, 0.25) is 0 Å². The molecule has 8 heteroatoms. The van der Waals surface area contributed by atoms with Crippen molar-refractivity contribution in [2.75, 3.05) is 5.73 Å². The van der Waals surface area contributed by atoms with E-state index in [0.717, 1.165) is 0 Å². The summed E-state index contributed by atoms with van der Waals surface area (Å²) >= 11 is 0. The van der Waals surface area contributed by atoms with E-state index >= 15 is 0 Å². The number of nitrogens with two attached hydrogens (primary N) is 2. The molecule has 0 unspecified atom stereocenters. The Balaban J connectivity index is 3.24. The van der Waals surface area contributed by atoms with Crippen molar-refractivity contribution in [3.63, 3.8) is 0 Å². The Bertz CT molecular complexity index is 554. The van der Waals surface area contributed by atoms with Crippen LogP contribution in [0.5, 0.6) is 0 Å². The lowest BCUT2D eigenvalue weighted by molar-refractivity contribution is 0.0954. The summed E-state index contributed by atoms with van der Waals surface area (Å²) in [6, 6.07) is 3.61. The van der Waals surface area contributed by atoms with Gasteiger partial charge in [0.25, 0.3) is 5.91 Å². The molecule has 1 amide bonds. The number of sulfonamides is 1. The van der Waals surface area contributed by atoms with E-state index in [1.807, 2.05) is 5.43 Å². The SMILES string of the molecule is CC(C)NS(=O)(=O)c1ccc(N)c(C(=O)NN)c1. The van der Waals surface area contributed by atoms with Gasteiger partial charge in [-0.2, -0.15) is 0 Å². The Hall–Kier alpha value is -1.64. The van der Waals surface area contributed by atoms with Crippen molar-refractivity contribution >= 4 is 21.6 Å². The van der Waals surface area contributed by atoms with Crippen molar-refractivity contribution < 1.29 is 13.2 Å². The summed E-state index contributed by atoms with van der Waals surface area (Å²) in [7, 11) is -3.67. The number of anilines is 1. The molecule has 1 aromatic carbocycles. The molecule has 7 nitrogen and oxygen atoms in total. The summed E-state index contributed by atoms with van der Waals surface area (Å²) in [4.78, 5) is 11.4. The molecule has 18 heavy (non-hydrogen) atoms. The zero-order valence-corrected chi connectivity index (χ0v) is 10.9. The van der Waals surface area contributed by atoms with Crippen molar-refractivity contribution in [2.24, 2.45) is 5.84 Å². The first-order chi connectivity index (χ1) is 8.27. The quantitative estimate of drug-likeness (QED) is 0.256. The van der Waals surface area contributed by atoms with Gasteiger partial charge in [-0.3, -0.25) is 10.2 Å². The van der Waals surface area contributed by atoms with Crippen LogP contribution in [0.1, 0.15) is 24.2 Å². The number of benzene rings is 1. The lowest BCUT2D eigenvalue weighted by Crippen LogP contribution is -2.32. The third kappa shape index (κ3) is 3.19. The maximum absolute atomic E-state index is 11.9. The monoisotopic (exact) mass is 272 g/mol. The van der Waals surface area contributed by atoms with Crippen LogP contribution in [-0.4, -0.2) is 20.4 Å². The average Bonchev–Trinajstić information content (AvgIpc) is 2.26. The predicted molar refractivity (Wildman–Crippen MR) is 68.0 cm³/mol. The lowest BCUT2D eigenvalue weighted by Gasteiger charge is -2.11. The van der Waals surface area contributed by atoms with Crippen LogP contribution in [0.15, 0.2) is 23.1 Å². The van der Waals surface area contributed by atoms with Crippen LogP contribution in [0.4, 0.5) is 5.69 Å². The van der Waals surface area contributed by atoms with Gasteiger partial charge in [-0.15, -0.1) is 0 Å². The average molecular weight is 272 g/mol. The van der Waals surface area contributed by atoms with Gasteiger partial charge >= 0.3 is 0 Å². The van der Waals surface area contributed by atoms with Crippen LogP contribution < -0.4 is 21.7 Å². The van der Waals surface area contributed by atoms with E-state index in [9.17, 15) is 13.2 Å². The highest BCUT2D eigenvalue weighted by molar-refractivity contribution is 7.89. The Morgan fingerprint density at radius 3 is 2.44 bits per heavy atom. The van der Waals surface area contributed by atoms with Crippen molar-refractivity contribution in [1.82, 2.24) is 10.1 Å². The van der Waals surface area contributed by atoms with E-state index in [1.165, 1.54) is 18.2 Å². The maximum atomic E-state index is 11.9. The van der Waals surface area contributed by atoms with Gasteiger partial charge in [0.1, 0.15) is 0 Å². The van der Waals surface area contributed by atoms with Gasteiger partial charge in [0.05, 0.1) is 10.5 Å². The summed E-state index contributed by atoms with van der Waals surface area (Å²) in [5, 5.41) is 0. The number of carbonyl (C=O) groups excluding carboxylic acids is 1. The fourth-order valence-electron chi connectivity index (χ4n) is 1.36. The van der Waals surface area contributed by atoms with Crippen LogP contribution in [0.3, 0.4) is 0 Å². The van der Waals surface area contributed by atoms with E-state index in [-0.39, 0.29) is 22.2 Å². The number of nitrogen functional groups attached to an aromatic ring is 2. The molecule has 0 aliphatic carbocycles. The summed E-state index contributed by atoms with van der Waals surface area (Å²) in [6.07, 6.45) is 0. The van der Waals surface area contributed by atoms with Crippen LogP contribution in [0, 0.1) is 0 Å². The van der Waals surface area contributed by atoms with Gasteiger partial charge in [-0.05, 0) is 32.0 Å². The number of amides is 1. The summed E-state index contributed by atoms with van der Waals surface area (Å²) in [6.45, 7) is 3.39. The zero-order chi connectivity index (χ0) is 13.9. The van der Waals surface area contributed by atoms with Gasteiger partial charge in [0, 0.05) is 11.7 Å². The minimum Gasteiger partial charge on any atom is -0.398 e. The first-order valence-corrected chi connectivity index (χ1v) is 6.69. The smallest absolute Gasteiger partial charge is 0.267 e. The molecular weight excluding hydrogens is 256 g/mol. The second-order valence-corrected chi connectivity index (χ2v) is 5.71. The molecule has 0 aliphatic heterocycles. The molecule has 0 aromatic heterocycles. The third-order valence-corrected chi connectivity index (χ3v) is 3.76. The number of hydrazine groups is 1. The Labute approximate surface area is 106 Å². The molecule has 0 saturated heterocycles. The van der Waals surface area contributed by atoms with Crippen molar-refractivity contribution in [1.29, 1.82) is 0 Å². The fraction of sp³-hybridized carbons (Fsp3) is 0.300. The molecule has 0 aliphatic rings. The largest absolute Gasteiger partial charge is 0.398 e. The Morgan fingerprint density at radius 1 is 1.33 bits per heavy atom. The molecule has 6 N–H and O–H groups in total. The summed E-state index contributed by atoms with van der Waals surface area (Å²) in [5.74, 6) is 4.35. The van der Waals surface area contributed by atoms with Gasteiger partial charge < -0.3 is 5.73 Å². The summed E-state index contributed by atoms with van der Waals surface area (Å²) in [5.41, 5.74) is 7.66. The number of hydrogen-bond donors (Lipinski definition) is 4. The van der Waals surface area contributed by atoms with Gasteiger partial charge in [0.2, 0.25) is 10.0 Å². The van der Waals surface area contributed by atoms with Gasteiger partial charge in [-0.1, -0.05) is 0 Å². The number of rotatable bonds is 4. The maximum Gasteiger partial charge on any atom is 0.267 e. The summed E-state index contributed by atoms with van der Waals surface area (Å²) < 4.78 is 26.2. The molecule has 0 radical (unpaired) electrons. The predicted octanol–water partition coefficient (Wildman–Crippen LogP) is -0.441. The number of carbonyl (C=O) groups is 1. The Kier molecular flexibility index (Phi) is 4.28. The van der Waals surface area contributed by atoms with Gasteiger partial charge in [-0.25, -0.2) is 19.0 Å². The molecule has 100 valence electrons. The highest BCUT2D eigenvalue weighted by Gasteiger charge is 2.18. The highest BCUT2D eigenvalue weighted by atomic mass is 32.2. The minimum absolute atomic E-state index is 0.0177. The molecule has 0 heterocycles. The molecule has 0 bridgehead atoms. The minimum atomic E-state index is -3.67. The van der Waals surface area contributed by atoms with Crippen molar-refractivity contribution in [3.05, 3.63) is 23.8 Å². The topological polar surface area (TPSA) is 127 Å². The highest BCUT2D eigenvalue weighted by Crippen LogP contribution is 2.18. The molecular formula is C10H16N4O3S. The third-order valence-electron chi connectivity index (χ3n) is 2.10. The van der Waals surface area contributed by atoms with E-state index < -0.39 is 15.9 Å². The Morgan fingerprint density at radius 2 is 1.94 bits per heavy atom. The fourth-order valence-corrected chi connectivity index (χ4v) is 2.63. The van der Waals surface area contributed by atoms with E-state index in [4.69, 9.17) is 11.6 Å². The molecule has 0 spiro atoms. The van der Waals surface area contributed by atoms with Crippen LogP contribution in [-0.2, 0) is 10.0 Å². The van der Waals surface area contributed by atoms with E-state index in [2.05, 4.69) is 4.72 Å². The molecule has 1 aromatic rings. The second-order valence-electron chi connectivity index (χ2n) is 4.00. The van der Waals surface area contributed by atoms with E-state index in [1.54, 1.807) is 13.8 Å². The van der Waals surface area contributed by atoms with Crippen molar-refractivity contribution in [3.8, 4) is 0 Å².